The number of anilines is 1. The number of hydrogen-bond donors (Lipinski definition) is 1. The second-order valence-corrected chi connectivity index (χ2v) is 6.34. The van der Waals surface area contributed by atoms with Crippen LogP contribution >= 0.6 is 22.9 Å². The van der Waals surface area contributed by atoms with E-state index in [0.29, 0.717) is 9.90 Å². The van der Waals surface area contributed by atoms with Crippen molar-refractivity contribution in [2.75, 3.05) is 5.32 Å². The molecule has 0 saturated heterocycles. The van der Waals surface area contributed by atoms with Crippen LogP contribution in [-0.4, -0.2) is 15.7 Å². The number of thiophene rings is 1. The molecule has 0 aliphatic carbocycles. The summed E-state index contributed by atoms with van der Waals surface area (Å²) in [6, 6.07) is 7.36. The summed E-state index contributed by atoms with van der Waals surface area (Å²) < 4.78 is 1.80. The molecule has 0 fully saturated rings. The van der Waals surface area contributed by atoms with Crippen LogP contribution in [-0.2, 0) is 7.05 Å². The van der Waals surface area contributed by atoms with E-state index in [1.165, 1.54) is 11.3 Å². The minimum atomic E-state index is -0.124. The molecule has 1 amide bonds. The Hall–Kier alpha value is -1.85. The highest BCUT2D eigenvalue weighted by molar-refractivity contribution is 7.20. The van der Waals surface area contributed by atoms with Crippen molar-refractivity contribution >= 4 is 44.7 Å². The molecule has 0 unspecified atom stereocenters. The molecular formula is C15H14ClN3OS. The van der Waals surface area contributed by atoms with Crippen LogP contribution in [0.3, 0.4) is 0 Å². The van der Waals surface area contributed by atoms with E-state index < -0.39 is 0 Å². The molecule has 2 heterocycles. The van der Waals surface area contributed by atoms with Crippen LogP contribution in [0.4, 0.5) is 5.69 Å². The first-order valence-electron chi connectivity index (χ1n) is 6.47. The van der Waals surface area contributed by atoms with Gasteiger partial charge in [0.15, 0.2) is 0 Å². The lowest BCUT2D eigenvalue weighted by atomic mass is 10.2. The lowest BCUT2D eigenvalue weighted by molar-refractivity contribution is 0.103. The van der Waals surface area contributed by atoms with Crippen molar-refractivity contribution in [2.45, 2.75) is 13.8 Å². The number of hydrogen-bond acceptors (Lipinski definition) is 3. The summed E-state index contributed by atoms with van der Waals surface area (Å²) in [6.07, 6.45) is 0. The number of halogens is 1. The van der Waals surface area contributed by atoms with Crippen LogP contribution < -0.4 is 5.32 Å². The molecule has 1 N–H and O–H groups in total. The van der Waals surface area contributed by atoms with Crippen LogP contribution in [0.2, 0.25) is 5.02 Å². The van der Waals surface area contributed by atoms with Gasteiger partial charge in [0.2, 0.25) is 0 Å². The summed E-state index contributed by atoms with van der Waals surface area (Å²) in [4.78, 5) is 14.1. The van der Waals surface area contributed by atoms with Gasteiger partial charge in [-0.2, -0.15) is 5.10 Å². The van der Waals surface area contributed by atoms with Gasteiger partial charge in [0.1, 0.15) is 4.83 Å². The normalized spacial score (nSPS) is 11.0. The van der Waals surface area contributed by atoms with E-state index in [1.54, 1.807) is 10.7 Å². The highest BCUT2D eigenvalue weighted by Crippen LogP contribution is 2.29. The number of amides is 1. The van der Waals surface area contributed by atoms with Crippen LogP contribution in [0.15, 0.2) is 24.3 Å². The molecule has 6 heteroatoms. The topological polar surface area (TPSA) is 46.9 Å². The second-order valence-electron chi connectivity index (χ2n) is 4.91. The fourth-order valence-electron chi connectivity index (χ4n) is 2.24. The third kappa shape index (κ3) is 2.43. The number of aryl methyl sites for hydroxylation is 2. The van der Waals surface area contributed by atoms with Gasteiger partial charge < -0.3 is 5.32 Å². The minimum Gasteiger partial charge on any atom is -0.321 e. The van der Waals surface area contributed by atoms with E-state index in [4.69, 9.17) is 11.6 Å². The Labute approximate surface area is 131 Å². The molecule has 0 spiro atoms. The number of nitrogens with zero attached hydrogens (tertiary/aromatic N) is 2. The summed E-state index contributed by atoms with van der Waals surface area (Å²) in [5, 5.41) is 8.92. The van der Waals surface area contributed by atoms with Gasteiger partial charge in [0.25, 0.3) is 5.91 Å². The third-order valence-corrected chi connectivity index (χ3v) is 5.05. The molecule has 0 aliphatic rings. The molecular weight excluding hydrogens is 306 g/mol. The average molecular weight is 320 g/mol. The lowest BCUT2D eigenvalue weighted by Gasteiger charge is -2.08. The van der Waals surface area contributed by atoms with E-state index in [1.807, 2.05) is 39.1 Å². The molecule has 4 nitrogen and oxygen atoms in total. The Bertz CT molecular complexity index is 816. The molecule has 0 atom stereocenters. The molecule has 3 aromatic rings. The first-order chi connectivity index (χ1) is 9.97. The van der Waals surface area contributed by atoms with Gasteiger partial charge in [-0.15, -0.1) is 11.3 Å². The molecule has 0 aliphatic heterocycles. The number of fused-ring (bicyclic) bond motifs is 1. The number of carbonyl (C=O) groups excluding carboxylic acids is 1. The quantitative estimate of drug-likeness (QED) is 0.771. The number of aromatic nitrogens is 2. The summed E-state index contributed by atoms with van der Waals surface area (Å²) in [6.45, 7) is 3.83. The average Bonchev–Trinajstić information content (AvgIpc) is 2.98. The fraction of sp³-hybridized carbons (Fsp3) is 0.200. The fourth-order valence-corrected chi connectivity index (χ4v) is 3.44. The summed E-state index contributed by atoms with van der Waals surface area (Å²) >= 11 is 7.51. The standard InChI is InChI=1S/C15H14ClN3OS/c1-8-11(16)5-4-6-12(8)17-14(20)13-7-10-9(2)18-19(3)15(10)21-13/h4-7H,1-3H3,(H,17,20). The monoisotopic (exact) mass is 319 g/mol. The molecule has 0 bridgehead atoms. The first kappa shape index (κ1) is 14.1. The van der Waals surface area contributed by atoms with Gasteiger partial charge in [-0.25, -0.2) is 0 Å². The van der Waals surface area contributed by atoms with Gasteiger partial charge in [-0.3, -0.25) is 9.48 Å². The maximum absolute atomic E-state index is 12.4. The number of carbonyl (C=O) groups is 1. The summed E-state index contributed by atoms with van der Waals surface area (Å²) in [5.41, 5.74) is 2.54. The van der Waals surface area contributed by atoms with Gasteiger partial charge in [0, 0.05) is 23.1 Å². The molecule has 108 valence electrons. The van der Waals surface area contributed by atoms with Crippen molar-refractivity contribution in [1.29, 1.82) is 0 Å². The van der Waals surface area contributed by atoms with Crippen molar-refractivity contribution in [3.8, 4) is 0 Å². The van der Waals surface area contributed by atoms with Gasteiger partial charge in [-0.05, 0) is 37.6 Å². The molecule has 21 heavy (non-hydrogen) atoms. The predicted molar refractivity (Wildman–Crippen MR) is 87.5 cm³/mol. The van der Waals surface area contributed by atoms with Crippen LogP contribution in [0.5, 0.6) is 0 Å². The van der Waals surface area contributed by atoms with Crippen LogP contribution in [0.25, 0.3) is 10.2 Å². The van der Waals surface area contributed by atoms with Crippen molar-refractivity contribution in [3.63, 3.8) is 0 Å². The Morgan fingerprint density at radius 2 is 2.14 bits per heavy atom. The Morgan fingerprint density at radius 1 is 1.38 bits per heavy atom. The molecule has 1 aromatic carbocycles. The van der Waals surface area contributed by atoms with E-state index >= 15 is 0 Å². The highest BCUT2D eigenvalue weighted by Gasteiger charge is 2.16. The number of benzene rings is 1. The number of rotatable bonds is 2. The maximum Gasteiger partial charge on any atom is 0.265 e. The van der Waals surface area contributed by atoms with Gasteiger partial charge in [-0.1, -0.05) is 17.7 Å². The molecule has 2 aromatic heterocycles. The number of nitrogens with one attached hydrogen (secondary N) is 1. The summed E-state index contributed by atoms with van der Waals surface area (Å²) in [7, 11) is 1.88. The van der Waals surface area contributed by atoms with E-state index in [9.17, 15) is 4.79 Å². The van der Waals surface area contributed by atoms with E-state index in [2.05, 4.69) is 10.4 Å². The second kappa shape index (κ2) is 5.16. The lowest BCUT2D eigenvalue weighted by Crippen LogP contribution is -2.11. The Kier molecular flexibility index (Phi) is 3.47. The molecule has 0 radical (unpaired) electrons. The van der Waals surface area contributed by atoms with Gasteiger partial charge >= 0.3 is 0 Å². The van der Waals surface area contributed by atoms with Crippen molar-refractivity contribution in [2.24, 2.45) is 7.05 Å². The smallest absolute Gasteiger partial charge is 0.265 e. The predicted octanol–water partition coefficient (Wildman–Crippen LogP) is 4.16. The minimum absolute atomic E-state index is 0.124. The first-order valence-corrected chi connectivity index (χ1v) is 7.66. The SMILES string of the molecule is Cc1c(Cl)cccc1NC(=O)c1cc2c(C)nn(C)c2s1. The largest absolute Gasteiger partial charge is 0.321 e. The zero-order valence-corrected chi connectivity index (χ0v) is 13.5. The van der Waals surface area contributed by atoms with Crippen molar-refractivity contribution < 1.29 is 4.79 Å². The van der Waals surface area contributed by atoms with Crippen molar-refractivity contribution in [3.05, 3.63) is 45.4 Å². The van der Waals surface area contributed by atoms with Crippen LogP contribution in [0, 0.1) is 13.8 Å². The molecule has 3 rings (SSSR count). The third-order valence-electron chi connectivity index (χ3n) is 3.44. The zero-order valence-electron chi connectivity index (χ0n) is 11.9. The van der Waals surface area contributed by atoms with E-state index in [-0.39, 0.29) is 5.91 Å². The van der Waals surface area contributed by atoms with Crippen molar-refractivity contribution in [1.82, 2.24) is 9.78 Å². The maximum atomic E-state index is 12.4. The summed E-state index contributed by atoms with van der Waals surface area (Å²) in [5.74, 6) is -0.124. The van der Waals surface area contributed by atoms with E-state index in [0.717, 1.165) is 27.2 Å². The highest BCUT2D eigenvalue weighted by atomic mass is 35.5. The molecule has 0 saturated carbocycles. The zero-order chi connectivity index (χ0) is 15.1. The van der Waals surface area contributed by atoms with Crippen LogP contribution in [0.1, 0.15) is 20.9 Å². The Balaban J connectivity index is 1.93. The Morgan fingerprint density at radius 3 is 2.86 bits per heavy atom. The van der Waals surface area contributed by atoms with Gasteiger partial charge in [0.05, 0.1) is 10.6 Å².